The molecule has 1 aromatic rings. The van der Waals surface area contributed by atoms with Gasteiger partial charge in [0.1, 0.15) is 11.6 Å². The molecule has 0 saturated carbocycles. The summed E-state index contributed by atoms with van der Waals surface area (Å²) < 4.78 is 18.8. The third kappa shape index (κ3) is 4.21. The summed E-state index contributed by atoms with van der Waals surface area (Å²) in [6, 6.07) is 4.25. The van der Waals surface area contributed by atoms with Gasteiger partial charge in [-0.3, -0.25) is 4.79 Å². The van der Waals surface area contributed by atoms with E-state index in [9.17, 15) is 9.18 Å². The summed E-state index contributed by atoms with van der Waals surface area (Å²) in [5.41, 5.74) is 0.703. The van der Waals surface area contributed by atoms with E-state index < -0.39 is 0 Å². The molecule has 0 radical (unpaired) electrons. The van der Waals surface area contributed by atoms with Crippen molar-refractivity contribution in [3.8, 4) is 5.75 Å². The topological polar surface area (TPSA) is 41.6 Å². The van der Waals surface area contributed by atoms with Crippen LogP contribution in [0.25, 0.3) is 0 Å². The molecule has 0 aromatic heterocycles. The lowest BCUT2D eigenvalue weighted by Crippen LogP contribution is -2.31. The first kappa shape index (κ1) is 15.4. The minimum atomic E-state index is -0.318. The summed E-state index contributed by atoms with van der Waals surface area (Å²) in [4.78, 5) is 13.3. The van der Waals surface area contributed by atoms with Gasteiger partial charge in [-0.2, -0.15) is 0 Å². The fraction of sp³-hybridized carbons (Fsp3) is 0.500. The minimum absolute atomic E-state index is 0.0423. The molecule has 1 aromatic carbocycles. The van der Waals surface area contributed by atoms with Crippen LogP contribution in [0, 0.1) is 5.82 Å². The number of benzene rings is 1. The number of nitrogens with zero attached hydrogens (tertiary/aromatic N) is 1. The van der Waals surface area contributed by atoms with Crippen LogP contribution in [0.1, 0.15) is 25.5 Å². The van der Waals surface area contributed by atoms with E-state index in [1.807, 2.05) is 13.8 Å². The van der Waals surface area contributed by atoms with Gasteiger partial charge in [0.2, 0.25) is 0 Å². The summed E-state index contributed by atoms with van der Waals surface area (Å²) in [6.07, 6.45) is 0. The van der Waals surface area contributed by atoms with Crippen molar-refractivity contribution in [3.05, 3.63) is 29.6 Å². The lowest BCUT2D eigenvalue weighted by Gasteiger charge is -2.18. The Morgan fingerprint density at radius 2 is 2.21 bits per heavy atom. The van der Waals surface area contributed by atoms with Gasteiger partial charge in [-0.1, -0.05) is 0 Å². The summed E-state index contributed by atoms with van der Waals surface area (Å²) in [5.74, 6) is 0.109. The highest BCUT2D eigenvalue weighted by Gasteiger charge is 2.14. The SMILES string of the molecule is CCN(C)C(=O)COc1ccc(F)cc1C(C)NC. The second kappa shape index (κ2) is 7.09. The van der Waals surface area contributed by atoms with Gasteiger partial charge in [0, 0.05) is 25.2 Å². The zero-order valence-electron chi connectivity index (χ0n) is 11.9. The van der Waals surface area contributed by atoms with Gasteiger partial charge in [0.15, 0.2) is 6.61 Å². The normalized spacial score (nSPS) is 12.1. The molecule has 5 heteroatoms. The van der Waals surface area contributed by atoms with E-state index in [2.05, 4.69) is 5.32 Å². The first-order valence-corrected chi connectivity index (χ1v) is 6.33. The molecule has 0 aliphatic carbocycles. The van der Waals surface area contributed by atoms with Crippen molar-refractivity contribution >= 4 is 5.91 Å². The molecular weight excluding hydrogens is 247 g/mol. The zero-order chi connectivity index (χ0) is 14.4. The van der Waals surface area contributed by atoms with Crippen LogP contribution in [0.15, 0.2) is 18.2 Å². The van der Waals surface area contributed by atoms with E-state index in [1.54, 1.807) is 25.1 Å². The minimum Gasteiger partial charge on any atom is -0.483 e. The number of amides is 1. The number of rotatable bonds is 6. The summed E-state index contributed by atoms with van der Waals surface area (Å²) in [6.45, 7) is 4.39. The van der Waals surface area contributed by atoms with Gasteiger partial charge in [-0.05, 0) is 39.1 Å². The van der Waals surface area contributed by atoms with Crippen LogP contribution in [-0.2, 0) is 4.79 Å². The molecule has 0 aliphatic heterocycles. The van der Waals surface area contributed by atoms with Crippen LogP contribution in [0.3, 0.4) is 0 Å². The first-order chi connectivity index (χ1) is 8.99. The van der Waals surface area contributed by atoms with Crippen LogP contribution in [0.2, 0.25) is 0 Å². The number of halogens is 1. The monoisotopic (exact) mass is 268 g/mol. The van der Waals surface area contributed by atoms with E-state index in [0.717, 1.165) is 0 Å². The Morgan fingerprint density at radius 1 is 1.53 bits per heavy atom. The van der Waals surface area contributed by atoms with Gasteiger partial charge < -0.3 is 15.0 Å². The van der Waals surface area contributed by atoms with E-state index in [0.29, 0.717) is 17.9 Å². The molecule has 0 aliphatic rings. The van der Waals surface area contributed by atoms with Gasteiger partial charge in [0.05, 0.1) is 0 Å². The van der Waals surface area contributed by atoms with Crippen molar-refractivity contribution in [2.24, 2.45) is 0 Å². The van der Waals surface area contributed by atoms with Gasteiger partial charge in [-0.25, -0.2) is 4.39 Å². The van der Waals surface area contributed by atoms with Crippen LogP contribution >= 0.6 is 0 Å². The molecule has 0 fully saturated rings. The van der Waals surface area contributed by atoms with Crippen molar-refractivity contribution in [2.75, 3.05) is 27.2 Å². The number of hydrogen-bond acceptors (Lipinski definition) is 3. The Labute approximate surface area is 113 Å². The van der Waals surface area contributed by atoms with E-state index in [-0.39, 0.29) is 24.4 Å². The number of ether oxygens (including phenoxy) is 1. The molecule has 19 heavy (non-hydrogen) atoms. The van der Waals surface area contributed by atoms with Crippen LogP contribution < -0.4 is 10.1 Å². The predicted molar refractivity (Wildman–Crippen MR) is 72.7 cm³/mol. The van der Waals surface area contributed by atoms with Gasteiger partial charge in [0.25, 0.3) is 5.91 Å². The summed E-state index contributed by atoms with van der Waals surface area (Å²) >= 11 is 0. The zero-order valence-corrected chi connectivity index (χ0v) is 11.9. The fourth-order valence-electron chi connectivity index (χ4n) is 1.57. The number of hydrogen-bond donors (Lipinski definition) is 1. The smallest absolute Gasteiger partial charge is 0.260 e. The van der Waals surface area contributed by atoms with Gasteiger partial charge in [-0.15, -0.1) is 0 Å². The van der Waals surface area contributed by atoms with E-state index in [4.69, 9.17) is 4.74 Å². The maximum absolute atomic E-state index is 13.3. The van der Waals surface area contributed by atoms with Gasteiger partial charge >= 0.3 is 0 Å². The Morgan fingerprint density at radius 3 is 2.79 bits per heavy atom. The average molecular weight is 268 g/mol. The Hall–Kier alpha value is -1.62. The van der Waals surface area contributed by atoms with Crippen molar-refractivity contribution in [1.82, 2.24) is 10.2 Å². The molecule has 1 unspecified atom stereocenters. The molecular formula is C14H21FN2O2. The summed E-state index contributed by atoms with van der Waals surface area (Å²) in [7, 11) is 3.50. The second-order valence-electron chi connectivity index (χ2n) is 4.39. The third-order valence-electron chi connectivity index (χ3n) is 3.12. The fourth-order valence-corrected chi connectivity index (χ4v) is 1.57. The Balaban J connectivity index is 2.80. The molecule has 0 spiro atoms. The summed E-state index contributed by atoms with van der Waals surface area (Å²) in [5, 5.41) is 3.03. The second-order valence-corrected chi connectivity index (χ2v) is 4.39. The maximum atomic E-state index is 13.3. The molecule has 1 rings (SSSR count). The van der Waals surface area contributed by atoms with Crippen LogP contribution in [0.4, 0.5) is 4.39 Å². The largest absolute Gasteiger partial charge is 0.483 e. The highest BCUT2D eigenvalue weighted by Crippen LogP contribution is 2.25. The van der Waals surface area contributed by atoms with Crippen molar-refractivity contribution in [3.63, 3.8) is 0 Å². The third-order valence-corrected chi connectivity index (χ3v) is 3.12. The lowest BCUT2D eigenvalue weighted by molar-refractivity contribution is -0.131. The highest BCUT2D eigenvalue weighted by atomic mass is 19.1. The standard InChI is InChI=1S/C14H21FN2O2/c1-5-17(4)14(18)9-19-13-7-6-11(15)8-12(13)10(2)16-3/h6-8,10,16H,5,9H2,1-4H3. The quantitative estimate of drug-likeness (QED) is 0.857. The maximum Gasteiger partial charge on any atom is 0.260 e. The van der Waals surface area contributed by atoms with Crippen LogP contribution in [0.5, 0.6) is 5.75 Å². The number of likely N-dealkylation sites (N-methyl/N-ethyl adjacent to an activating group) is 1. The van der Waals surface area contributed by atoms with Crippen molar-refractivity contribution in [2.45, 2.75) is 19.9 Å². The van der Waals surface area contributed by atoms with E-state index in [1.165, 1.54) is 12.1 Å². The Kier molecular flexibility index (Phi) is 5.76. The predicted octanol–water partition coefficient (Wildman–Crippen LogP) is 1.96. The van der Waals surface area contributed by atoms with Crippen molar-refractivity contribution < 1.29 is 13.9 Å². The van der Waals surface area contributed by atoms with Crippen LogP contribution in [-0.4, -0.2) is 38.1 Å². The lowest BCUT2D eigenvalue weighted by atomic mass is 10.1. The Bertz CT molecular complexity index is 437. The number of carbonyl (C=O) groups excluding carboxylic acids is 1. The highest BCUT2D eigenvalue weighted by molar-refractivity contribution is 5.77. The number of carbonyl (C=O) groups is 1. The van der Waals surface area contributed by atoms with Crippen molar-refractivity contribution in [1.29, 1.82) is 0 Å². The molecule has 1 N–H and O–H groups in total. The molecule has 1 amide bonds. The molecule has 0 saturated heterocycles. The molecule has 0 heterocycles. The first-order valence-electron chi connectivity index (χ1n) is 6.33. The molecule has 106 valence electrons. The van der Waals surface area contributed by atoms with E-state index >= 15 is 0 Å². The average Bonchev–Trinajstić information content (AvgIpc) is 2.43. The molecule has 1 atom stereocenters. The molecule has 4 nitrogen and oxygen atoms in total. The molecule has 0 bridgehead atoms. The number of nitrogens with one attached hydrogen (secondary N) is 1.